The molecule has 4 nitrogen and oxygen atoms in total. The molecule has 0 aromatic carbocycles. The van der Waals surface area contributed by atoms with Crippen LogP contribution < -0.4 is 0 Å². The van der Waals surface area contributed by atoms with Crippen LogP contribution in [0.4, 0.5) is 0 Å². The van der Waals surface area contributed by atoms with E-state index >= 15 is 0 Å². The number of aldehydes is 2. The van der Waals surface area contributed by atoms with Crippen molar-refractivity contribution in [1.29, 1.82) is 0 Å². The van der Waals surface area contributed by atoms with Gasteiger partial charge in [0.25, 0.3) is 0 Å². The van der Waals surface area contributed by atoms with Crippen LogP contribution in [0.5, 0.6) is 0 Å². The summed E-state index contributed by atoms with van der Waals surface area (Å²) in [5.41, 5.74) is -1.08. The largest absolute Gasteiger partial charge is 0.393 e. The first kappa shape index (κ1) is 18.3. The summed E-state index contributed by atoms with van der Waals surface area (Å²) in [5, 5.41) is 21.7. The van der Waals surface area contributed by atoms with E-state index in [4.69, 9.17) is 0 Å². The van der Waals surface area contributed by atoms with Gasteiger partial charge in [-0.05, 0) is 48.9 Å². The fraction of sp³-hybridized carbons (Fsp3) is 0.789. The van der Waals surface area contributed by atoms with Crippen LogP contribution in [-0.2, 0) is 9.59 Å². The molecule has 5 atom stereocenters. The summed E-state index contributed by atoms with van der Waals surface area (Å²) in [4.78, 5) is 21.8. The minimum Gasteiger partial charge on any atom is -0.393 e. The van der Waals surface area contributed by atoms with E-state index in [9.17, 15) is 19.8 Å². The minimum absolute atomic E-state index is 0.0169. The lowest BCUT2D eigenvalue weighted by Crippen LogP contribution is -2.62. The van der Waals surface area contributed by atoms with Crippen LogP contribution in [0, 0.1) is 22.7 Å². The van der Waals surface area contributed by atoms with Crippen LogP contribution >= 0.6 is 0 Å². The van der Waals surface area contributed by atoms with E-state index in [0.29, 0.717) is 25.4 Å². The highest BCUT2D eigenvalue weighted by Gasteiger charge is 2.60. The molecule has 0 unspecified atom stereocenters. The van der Waals surface area contributed by atoms with E-state index in [0.717, 1.165) is 19.3 Å². The quantitative estimate of drug-likeness (QED) is 0.361. The summed E-state index contributed by atoms with van der Waals surface area (Å²) in [6, 6.07) is 0. The zero-order valence-electron chi connectivity index (χ0n) is 14.7. The molecule has 2 aliphatic rings. The summed E-state index contributed by atoms with van der Waals surface area (Å²) in [7, 11) is 0. The van der Waals surface area contributed by atoms with Crippen molar-refractivity contribution in [3.8, 4) is 0 Å². The van der Waals surface area contributed by atoms with Crippen molar-refractivity contribution >= 4 is 12.6 Å². The van der Waals surface area contributed by atoms with E-state index < -0.39 is 11.7 Å². The molecule has 4 heteroatoms. The number of hydrogen-bond acceptors (Lipinski definition) is 4. The normalized spacial score (nSPS) is 42.4. The molecule has 2 fully saturated rings. The molecule has 0 aliphatic heterocycles. The topological polar surface area (TPSA) is 74.6 Å². The van der Waals surface area contributed by atoms with E-state index in [1.54, 1.807) is 13.0 Å². The van der Waals surface area contributed by atoms with Gasteiger partial charge < -0.3 is 10.2 Å². The zero-order valence-corrected chi connectivity index (χ0v) is 14.7. The number of hydrogen-bond donors (Lipinski definition) is 2. The summed E-state index contributed by atoms with van der Waals surface area (Å²) in [6.07, 6.45) is 6.14. The second-order valence-electron chi connectivity index (χ2n) is 8.68. The average Bonchev–Trinajstić information content (AvgIpc) is 2.40. The van der Waals surface area contributed by atoms with Gasteiger partial charge in [0.1, 0.15) is 0 Å². The molecule has 23 heavy (non-hydrogen) atoms. The Morgan fingerprint density at radius 1 is 1.13 bits per heavy atom. The van der Waals surface area contributed by atoms with Gasteiger partial charge in [0.05, 0.1) is 17.3 Å². The molecule has 0 bridgehead atoms. The molecule has 0 radical (unpaired) electrons. The number of aliphatic hydroxyl groups excluding tert-OH is 1. The molecular weight excluding hydrogens is 292 g/mol. The van der Waals surface area contributed by atoms with Gasteiger partial charge in [-0.1, -0.05) is 33.3 Å². The highest BCUT2D eigenvalue weighted by atomic mass is 16.3. The summed E-state index contributed by atoms with van der Waals surface area (Å²) in [5.74, 6) is 0.0242. The molecule has 2 rings (SSSR count). The Kier molecular flexibility index (Phi) is 4.89. The second-order valence-corrected chi connectivity index (χ2v) is 8.68. The molecular formula is C19H30O4. The standard InChI is InChI=1S/C19H30O4/c1-17(2)8-5-9-18(3)15(7-6-13(11-20)12-21)19(4,23)10-14(22)16(17)18/h6,11-12,14-16,22-23H,5,7-10H2,1-4H3/t14-,15+,16-,18+,19+/m0/s1. The Balaban J connectivity index is 2.42. The highest BCUT2D eigenvalue weighted by Crippen LogP contribution is 2.62. The van der Waals surface area contributed by atoms with Crippen molar-refractivity contribution in [2.45, 2.75) is 71.5 Å². The summed E-state index contributed by atoms with van der Waals surface area (Å²) >= 11 is 0. The van der Waals surface area contributed by atoms with Crippen LogP contribution in [0.2, 0.25) is 0 Å². The SMILES string of the molecule is CC1(C)CCC[C@]2(C)[C@@H](CC=C(C=O)C=O)[C@](C)(O)C[C@H](O)[C@@H]12. The van der Waals surface area contributed by atoms with E-state index in [1.807, 2.05) is 0 Å². The summed E-state index contributed by atoms with van der Waals surface area (Å²) < 4.78 is 0. The molecule has 0 aromatic heterocycles. The third kappa shape index (κ3) is 3.16. The lowest BCUT2D eigenvalue weighted by atomic mass is 9.44. The highest BCUT2D eigenvalue weighted by molar-refractivity contribution is 5.99. The van der Waals surface area contributed by atoms with Crippen LogP contribution in [0.1, 0.15) is 59.8 Å². The van der Waals surface area contributed by atoms with Crippen molar-refractivity contribution in [2.24, 2.45) is 22.7 Å². The molecule has 0 heterocycles. The maximum absolute atomic E-state index is 11.0. The first-order valence-electron chi connectivity index (χ1n) is 8.59. The van der Waals surface area contributed by atoms with E-state index in [1.165, 1.54) is 0 Å². The van der Waals surface area contributed by atoms with Crippen LogP contribution in [-0.4, -0.2) is 34.5 Å². The molecule has 0 saturated heterocycles. The van der Waals surface area contributed by atoms with Gasteiger partial charge in [-0.2, -0.15) is 0 Å². The van der Waals surface area contributed by atoms with Crippen molar-refractivity contribution < 1.29 is 19.8 Å². The van der Waals surface area contributed by atoms with Crippen LogP contribution in [0.3, 0.4) is 0 Å². The van der Waals surface area contributed by atoms with Gasteiger partial charge in [0.15, 0.2) is 12.6 Å². The Morgan fingerprint density at radius 3 is 2.30 bits per heavy atom. The predicted molar refractivity (Wildman–Crippen MR) is 88.8 cm³/mol. The predicted octanol–water partition coefficient (Wildman–Crippen LogP) is 2.67. The lowest BCUT2D eigenvalue weighted by Gasteiger charge is -2.62. The van der Waals surface area contributed by atoms with Crippen LogP contribution in [0.15, 0.2) is 11.6 Å². The Bertz CT molecular complexity index is 495. The number of carbonyl (C=O) groups is 2. The second kappa shape index (κ2) is 6.14. The van der Waals surface area contributed by atoms with Crippen molar-refractivity contribution in [3.63, 3.8) is 0 Å². The molecule has 2 N–H and O–H groups in total. The molecule has 2 saturated carbocycles. The Labute approximate surface area is 139 Å². The molecule has 130 valence electrons. The molecule has 2 aliphatic carbocycles. The fourth-order valence-electron chi connectivity index (χ4n) is 5.77. The molecule has 0 amide bonds. The first-order valence-corrected chi connectivity index (χ1v) is 8.59. The van der Waals surface area contributed by atoms with E-state index in [2.05, 4.69) is 20.8 Å². The fourth-order valence-corrected chi connectivity index (χ4v) is 5.77. The number of aliphatic hydroxyl groups is 2. The number of fused-ring (bicyclic) bond motifs is 1. The van der Waals surface area contributed by atoms with E-state index in [-0.39, 0.29) is 28.2 Å². The molecule has 0 spiro atoms. The van der Waals surface area contributed by atoms with Crippen molar-refractivity contribution in [3.05, 3.63) is 11.6 Å². The lowest BCUT2D eigenvalue weighted by molar-refractivity contribution is -0.211. The molecule has 0 aromatic rings. The van der Waals surface area contributed by atoms with Crippen molar-refractivity contribution in [1.82, 2.24) is 0 Å². The maximum Gasteiger partial charge on any atom is 0.153 e. The number of allylic oxidation sites excluding steroid dienone is 2. The first-order chi connectivity index (χ1) is 10.6. The van der Waals surface area contributed by atoms with Gasteiger partial charge in [0.2, 0.25) is 0 Å². The number of carbonyl (C=O) groups excluding carboxylic acids is 2. The zero-order chi connectivity index (χ0) is 17.5. The third-order valence-corrected chi connectivity index (χ3v) is 6.50. The summed E-state index contributed by atoms with van der Waals surface area (Å²) in [6.45, 7) is 8.34. The Hall–Kier alpha value is -1.00. The van der Waals surface area contributed by atoms with Crippen molar-refractivity contribution in [2.75, 3.05) is 0 Å². The minimum atomic E-state index is -1.01. The smallest absolute Gasteiger partial charge is 0.153 e. The van der Waals surface area contributed by atoms with Crippen LogP contribution in [0.25, 0.3) is 0 Å². The van der Waals surface area contributed by atoms with Gasteiger partial charge >= 0.3 is 0 Å². The third-order valence-electron chi connectivity index (χ3n) is 6.50. The van der Waals surface area contributed by atoms with Gasteiger partial charge in [-0.15, -0.1) is 0 Å². The Morgan fingerprint density at radius 2 is 1.74 bits per heavy atom. The van der Waals surface area contributed by atoms with Gasteiger partial charge in [-0.25, -0.2) is 0 Å². The van der Waals surface area contributed by atoms with Gasteiger partial charge in [0, 0.05) is 6.42 Å². The average molecular weight is 322 g/mol. The monoisotopic (exact) mass is 322 g/mol. The maximum atomic E-state index is 11.0. The number of rotatable bonds is 4. The van der Waals surface area contributed by atoms with Gasteiger partial charge in [-0.3, -0.25) is 9.59 Å².